The summed E-state index contributed by atoms with van der Waals surface area (Å²) in [5.74, 6) is 0. The summed E-state index contributed by atoms with van der Waals surface area (Å²) in [4.78, 5) is 17.0. The summed E-state index contributed by atoms with van der Waals surface area (Å²) in [6.07, 6.45) is 4.73. The first-order chi connectivity index (χ1) is 11.1. The fourth-order valence-electron chi connectivity index (χ4n) is 3.35. The largest absolute Gasteiger partial charge is 0.287 e. The van der Waals surface area contributed by atoms with Crippen LogP contribution in [0.5, 0.6) is 0 Å². The molecule has 0 atom stereocenters. The number of hydrogen-bond donors (Lipinski definition) is 0. The van der Waals surface area contributed by atoms with E-state index < -0.39 is 0 Å². The Morgan fingerprint density at radius 3 is 2.29 bits per heavy atom. The molecule has 0 N–H and O–H groups in total. The van der Waals surface area contributed by atoms with Gasteiger partial charge in [-0.15, -0.1) is 0 Å². The molecule has 1 aliphatic rings. The molecule has 1 heterocycles. The summed E-state index contributed by atoms with van der Waals surface area (Å²) in [6, 6.07) is 7.40. The van der Waals surface area contributed by atoms with Crippen LogP contribution in [0.1, 0.15) is 52.5 Å². The average Bonchev–Trinajstić information content (AvgIpc) is 2.46. The van der Waals surface area contributed by atoms with E-state index in [0.29, 0.717) is 0 Å². The Balaban J connectivity index is 2.16. The van der Waals surface area contributed by atoms with Crippen molar-refractivity contribution in [3.05, 3.63) is 50.1 Å². The van der Waals surface area contributed by atoms with Crippen molar-refractivity contribution >= 4 is 22.0 Å². The van der Waals surface area contributed by atoms with Crippen LogP contribution in [-0.2, 0) is 4.84 Å². The zero-order valence-electron chi connectivity index (χ0n) is 14.7. The van der Waals surface area contributed by atoms with Crippen LogP contribution in [0.3, 0.4) is 0 Å². The van der Waals surface area contributed by atoms with Crippen LogP contribution in [0.4, 0.5) is 0 Å². The maximum absolute atomic E-state index is 11.4. The fourth-order valence-corrected chi connectivity index (χ4v) is 3.62. The first-order valence-corrected chi connectivity index (χ1v) is 8.95. The molecule has 0 unspecified atom stereocenters. The SMILES string of the molecule is CC1(C)CCCC(C)(C)N1OC/C(=C\c1ccc(Br)cc1)[N+](=O)[O-]. The summed E-state index contributed by atoms with van der Waals surface area (Å²) >= 11 is 3.36. The van der Waals surface area contributed by atoms with Gasteiger partial charge in [0.25, 0.3) is 5.70 Å². The molecule has 24 heavy (non-hydrogen) atoms. The number of benzene rings is 1. The van der Waals surface area contributed by atoms with Gasteiger partial charge in [-0.2, -0.15) is 5.06 Å². The molecule has 1 aromatic rings. The van der Waals surface area contributed by atoms with Gasteiger partial charge in [-0.25, -0.2) is 0 Å². The maximum atomic E-state index is 11.4. The standard InChI is InChI=1S/C18H25BrN2O3/c1-17(2)10-5-11-18(3,4)21(17)24-13-16(20(22)23)12-14-6-8-15(19)9-7-14/h6-9,12H,5,10-11,13H2,1-4H3/b16-12+. The van der Waals surface area contributed by atoms with E-state index in [9.17, 15) is 10.1 Å². The Morgan fingerprint density at radius 1 is 1.25 bits per heavy atom. The van der Waals surface area contributed by atoms with Crippen molar-refractivity contribution in [2.45, 2.75) is 58.0 Å². The minimum absolute atomic E-state index is 0.0457. The van der Waals surface area contributed by atoms with Crippen molar-refractivity contribution in [3.63, 3.8) is 0 Å². The van der Waals surface area contributed by atoms with Crippen molar-refractivity contribution in [2.24, 2.45) is 0 Å². The van der Waals surface area contributed by atoms with E-state index in [1.165, 1.54) is 0 Å². The van der Waals surface area contributed by atoms with Crippen LogP contribution >= 0.6 is 15.9 Å². The van der Waals surface area contributed by atoms with Gasteiger partial charge in [0, 0.05) is 21.6 Å². The first-order valence-electron chi connectivity index (χ1n) is 8.16. The molecule has 1 saturated heterocycles. The number of rotatable bonds is 5. The molecule has 0 aromatic heterocycles. The lowest BCUT2D eigenvalue weighted by Crippen LogP contribution is -2.58. The predicted octanol–water partition coefficient (Wildman–Crippen LogP) is 5.04. The molecule has 5 nitrogen and oxygen atoms in total. The highest BCUT2D eigenvalue weighted by Crippen LogP contribution is 2.38. The van der Waals surface area contributed by atoms with Gasteiger partial charge in [0.05, 0.1) is 4.92 Å². The van der Waals surface area contributed by atoms with Crippen molar-refractivity contribution in [1.29, 1.82) is 0 Å². The highest BCUT2D eigenvalue weighted by atomic mass is 79.9. The summed E-state index contributed by atoms with van der Waals surface area (Å²) in [5.41, 5.74) is 0.558. The van der Waals surface area contributed by atoms with Gasteiger partial charge in [0.1, 0.15) is 0 Å². The highest BCUT2D eigenvalue weighted by molar-refractivity contribution is 9.10. The van der Waals surface area contributed by atoms with Crippen LogP contribution in [0, 0.1) is 10.1 Å². The molecule has 1 aromatic carbocycles. The zero-order valence-corrected chi connectivity index (χ0v) is 16.3. The third kappa shape index (κ3) is 4.65. The maximum Gasteiger partial charge on any atom is 0.274 e. The van der Waals surface area contributed by atoms with E-state index in [1.54, 1.807) is 6.08 Å². The molecule has 132 valence electrons. The lowest BCUT2D eigenvalue weighted by atomic mass is 9.82. The molecule has 0 amide bonds. The van der Waals surface area contributed by atoms with Gasteiger partial charge >= 0.3 is 0 Å². The van der Waals surface area contributed by atoms with E-state index in [4.69, 9.17) is 4.84 Å². The summed E-state index contributed by atoms with van der Waals surface area (Å²) in [6.45, 7) is 8.45. The third-order valence-corrected chi connectivity index (χ3v) is 4.98. The Hall–Kier alpha value is -1.24. The van der Waals surface area contributed by atoms with Crippen molar-refractivity contribution in [1.82, 2.24) is 5.06 Å². The topological polar surface area (TPSA) is 55.6 Å². The Kier molecular flexibility index (Phi) is 5.83. The molecule has 0 bridgehead atoms. The van der Waals surface area contributed by atoms with Gasteiger partial charge in [-0.05, 0) is 64.7 Å². The lowest BCUT2D eigenvalue weighted by molar-refractivity contribution is -0.436. The van der Waals surface area contributed by atoms with Crippen molar-refractivity contribution < 1.29 is 9.76 Å². The minimum Gasteiger partial charge on any atom is -0.287 e. The van der Waals surface area contributed by atoms with Gasteiger partial charge in [0.2, 0.25) is 0 Å². The van der Waals surface area contributed by atoms with Crippen LogP contribution in [0.2, 0.25) is 0 Å². The van der Waals surface area contributed by atoms with Crippen LogP contribution in [-0.4, -0.2) is 27.7 Å². The minimum atomic E-state index is -0.369. The van der Waals surface area contributed by atoms with Gasteiger partial charge in [-0.1, -0.05) is 28.1 Å². The number of halogens is 1. The van der Waals surface area contributed by atoms with E-state index in [2.05, 4.69) is 43.6 Å². The average molecular weight is 397 g/mol. The van der Waals surface area contributed by atoms with E-state index in [-0.39, 0.29) is 28.3 Å². The quantitative estimate of drug-likeness (QED) is 0.516. The van der Waals surface area contributed by atoms with Crippen LogP contribution in [0.25, 0.3) is 6.08 Å². The molecule has 0 spiro atoms. The normalized spacial score (nSPS) is 20.8. The Bertz CT molecular complexity index is 608. The molecule has 0 aliphatic carbocycles. The monoisotopic (exact) mass is 396 g/mol. The molecule has 1 fully saturated rings. The predicted molar refractivity (Wildman–Crippen MR) is 98.9 cm³/mol. The second-order valence-corrected chi connectivity index (χ2v) is 8.41. The number of nitro groups is 1. The lowest BCUT2D eigenvalue weighted by Gasteiger charge is -2.51. The Morgan fingerprint density at radius 2 is 1.79 bits per heavy atom. The van der Waals surface area contributed by atoms with E-state index in [0.717, 1.165) is 29.3 Å². The Labute approximate surface area is 151 Å². The summed E-state index contributed by atoms with van der Waals surface area (Å²) < 4.78 is 0.940. The number of hydroxylamine groups is 2. The first kappa shape index (κ1) is 19.1. The molecular formula is C18H25BrN2O3. The highest BCUT2D eigenvalue weighted by Gasteiger charge is 2.42. The van der Waals surface area contributed by atoms with Crippen LogP contribution < -0.4 is 0 Å². The van der Waals surface area contributed by atoms with E-state index in [1.807, 2.05) is 29.3 Å². The molecule has 0 radical (unpaired) electrons. The third-order valence-electron chi connectivity index (χ3n) is 4.46. The molecule has 6 heteroatoms. The number of hydrogen-bond acceptors (Lipinski definition) is 4. The van der Waals surface area contributed by atoms with Gasteiger partial charge in [-0.3, -0.25) is 15.0 Å². The van der Waals surface area contributed by atoms with Crippen molar-refractivity contribution in [2.75, 3.05) is 6.61 Å². The molecule has 2 rings (SSSR count). The number of nitrogens with zero attached hydrogens (tertiary/aromatic N) is 2. The second kappa shape index (κ2) is 7.33. The summed E-state index contributed by atoms with van der Waals surface area (Å²) in [7, 11) is 0. The van der Waals surface area contributed by atoms with E-state index >= 15 is 0 Å². The zero-order chi connectivity index (χ0) is 18.0. The second-order valence-electron chi connectivity index (χ2n) is 7.49. The molecule has 0 saturated carbocycles. The fraction of sp³-hybridized carbons (Fsp3) is 0.556. The smallest absolute Gasteiger partial charge is 0.274 e. The van der Waals surface area contributed by atoms with Crippen molar-refractivity contribution in [3.8, 4) is 0 Å². The van der Waals surface area contributed by atoms with Gasteiger partial charge < -0.3 is 0 Å². The molecule has 1 aliphatic heterocycles. The van der Waals surface area contributed by atoms with Crippen LogP contribution in [0.15, 0.2) is 34.4 Å². The van der Waals surface area contributed by atoms with Gasteiger partial charge in [0.15, 0.2) is 6.61 Å². The number of piperidine rings is 1. The molecular weight excluding hydrogens is 372 g/mol. The summed E-state index contributed by atoms with van der Waals surface area (Å²) in [5, 5.41) is 13.3.